The van der Waals surface area contributed by atoms with Crippen LogP contribution in [0.4, 0.5) is 0 Å². The summed E-state index contributed by atoms with van der Waals surface area (Å²) in [6, 6.07) is 35.2. The number of carbonyl (C=O) groups is 2. The van der Waals surface area contributed by atoms with Crippen molar-refractivity contribution in [3.63, 3.8) is 0 Å². The normalized spacial score (nSPS) is 11.3. The van der Waals surface area contributed by atoms with Crippen LogP contribution in [0, 0.1) is 0 Å². The lowest BCUT2D eigenvalue weighted by molar-refractivity contribution is -0.143. The number of benzene rings is 4. The third-order valence-electron chi connectivity index (χ3n) is 6.17. The van der Waals surface area contributed by atoms with E-state index in [1.54, 1.807) is 24.1 Å². The van der Waals surface area contributed by atoms with Gasteiger partial charge in [-0.05, 0) is 47.4 Å². The van der Waals surface area contributed by atoms with E-state index >= 15 is 0 Å². The predicted octanol–water partition coefficient (Wildman–Crippen LogP) is 5.20. The summed E-state index contributed by atoms with van der Waals surface area (Å²) in [5, 5.41) is 3.05. The first kappa shape index (κ1) is 26.5. The van der Waals surface area contributed by atoms with E-state index in [4.69, 9.17) is 9.47 Å². The lowest BCUT2D eigenvalue weighted by Crippen LogP contribution is -2.45. The molecule has 0 heterocycles. The molecule has 38 heavy (non-hydrogen) atoms. The molecule has 0 spiro atoms. The van der Waals surface area contributed by atoms with E-state index in [0.29, 0.717) is 18.7 Å². The second-order valence-electron chi connectivity index (χ2n) is 8.81. The highest BCUT2D eigenvalue weighted by molar-refractivity contribution is 5.89. The van der Waals surface area contributed by atoms with E-state index in [1.807, 2.05) is 103 Å². The quantitative estimate of drug-likeness (QED) is 0.286. The van der Waals surface area contributed by atoms with E-state index in [2.05, 4.69) is 5.32 Å². The zero-order valence-electron chi connectivity index (χ0n) is 21.5. The number of hydrogen-bond donors (Lipinski definition) is 1. The third-order valence-corrected chi connectivity index (χ3v) is 6.17. The number of nitrogens with zero attached hydrogens (tertiary/aromatic N) is 1. The Labute approximate surface area is 223 Å². The van der Waals surface area contributed by atoms with Crippen molar-refractivity contribution < 1.29 is 19.1 Å². The molecule has 0 fully saturated rings. The second kappa shape index (κ2) is 13.7. The van der Waals surface area contributed by atoms with Crippen LogP contribution in [0.2, 0.25) is 0 Å². The van der Waals surface area contributed by atoms with Crippen molar-refractivity contribution in [3.05, 3.63) is 132 Å². The van der Waals surface area contributed by atoms with Crippen molar-refractivity contribution in [1.82, 2.24) is 10.2 Å². The molecule has 2 amide bonds. The molecule has 0 aliphatic heterocycles. The van der Waals surface area contributed by atoms with Crippen LogP contribution in [0.1, 0.15) is 22.7 Å². The fraction of sp³-hybridized carbons (Fsp3) is 0.188. The van der Waals surface area contributed by atoms with Gasteiger partial charge in [0, 0.05) is 13.1 Å². The zero-order valence-corrected chi connectivity index (χ0v) is 21.5. The van der Waals surface area contributed by atoms with Gasteiger partial charge in [-0.2, -0.15) is 0 Å². The molecule has 6 nitrogen and oxygen atoms in total. The van der Waals surface area contributed by atoms with Crippen LogP contribution < -0.4 is 14.8 Å². The summed E-state index contributed by atoms with van der Waals surface area (Å²) in [7, 11) is 1.61. The van der Waals surface area contributed by atoms with Gasteiger partial charge in [-0.15, -0.1) is 0 Å². The Bertz CT molecular complexity index is 1280. The standard InChI is InChI=1S/C32H32N2O4/c1-37-28-19-17-26(18-20-28)23-34(30(35)24-38-29-15-9-4-10-16-29)31(27-13-7-3-8-14-27)32(36)33-22-21-25-11-5-2-6-12-25/h2-20,31H,21-24H2,1H3,(H,33,36). The van der Waals surface area contributed by atoms with Gasteiger partial charge in [0.1, 0.15) is 17.5 Å². The van der Waals surface area contributed by atoms with Gasteiger partial charge in [0.25, 0.3) is 5.91 Å². The van der Waals surface area contributed by atoms with Crippen molar-refractivity contribution in [2.24, 2.45) is 0 Å². The minimum Gasteiger partial charge on any atom is -0.497 e. The van der Waals surface area contributed by atoms with E-state index < -0.39 is 6.04 Å². The molecular weight excluding hydrogens is 476 g/mol. The molecule has 1 atom stereocenters. The summed E-state index contributed by atoms with van der Waals surface area (Å²) in [5.74, 6) is 0.775. The molecule has 0 aromatic heterocycles. The van der Waals surface area contributed by atoms with Gasteiger partial charge in [-0.1, -0.05) is 91.0 Å². The lowest BCUT2D eigenvalue weighted by Gasteiger charge is -2.31. The van der Waals surface area contributed by atoms with Crippen LogP contribution in [-0.4, -0.2) is 37.0 Å². The third kappa shape index (κ3) is 7.46. The number of rotatable bonds is 12. The van der Waals surface area contributed by atoms with Crippen molar-refractivity contribution in [3.8, 4) is 11.5 Å². The van der Waals surface area contributed by atoms with E-state index in [0.717, 1.165) is 22.4 Å². The maximum atomic E-state index is 13.7. The summed E-state index contributed by atoms with van der Waals surface area (Å²) in [6.45, 7) is 0.491. The highest BCUT2D eigenvalue weighted by atomic mass is 16.5. The summed E-state index contributed by atoms with van der Waals surface area (Å²) in [4.78, 5) is 28.9. The smallest absolute Gasteiger partial charge is 0.261 e. The lowest BCUT2D eigenvalue weighted by atomic mass is 10.0. The minimum atomic E-state index is -0.832. The maximum Gasteiger partial charge on any atom is 0.261 e. The van der Waals surface area contributed by atoms with E-state index in [9.17, 15) is 9.59 Å². The first-order valence-electron chi connectivity index (χ1n) is 12.6. The number of hydrogen-bond acceptors (Lipinski definition) is 4. The van der Waals surface area contributed by atoms with Gasteiger partial charge in [0.05, 0.1) is 7.11 Å². The van der Waals surface area contributed by atoms with Gasteiger partial charge in [0.2, 0.25) is 5.91 Å². The van der Waals surface area contributed by atoms with Crippen molar-refractivity contribution in [2.75, 3.05) is 20.3 Å². The van der Waals surface area contributed by atoms with Gasteiger partial charge in [-0.25, -0.2) is 0 Å². The molecule has 4 aromatic rings. The minimum absolute atomic E-state index is 0.194. The Kier molecular flexibility index (Phi) is 9.51. The van der Waals surface area contributed by atoms with Gasteiger partial charge in [-0.3, -0.25) is 9.59 Å². The highest BCUT2D eigenvalue weighted by Crippen LogP contribution is 2.25. The monoisotopic (exact) mass is 508 g/mol. The average Bonchev–Trinajstić information content (AvgIpc) is 2.97. The maximum absolute atomic E-state index is 13.7. The molecule has 0 bridgehead atoms. The van der Waals surface area contributed by atoms with Gasteiger partial charge < -0.3 is 19.7 Å². The Morgan fingerprint density at radius 3 is 1.97 bits per heavy atom. The summed E-state index contributed by atoms with van der Waals surface area (Å²) >= 11 is 0. The Hall–Kier alpha value is -4.58. The molecule has 0 saturated carbocycles. The Balaban J connectivity index is 1.59. The summed E-state index contributed by atoms with van der Waals surface area (Å²) in [5.41, 5.74) is 2.73. The van der Waals surface area contributed by atoms with E-state index in [-0.39, 0.29) is 25.0 Å². The Morgan fingerprint density at radius 1 is 0.737 bits per heavy atom. The van der Waals surface area contributed by atoms with Crippen molar-refractivity contribution >= 4 is 11.8 Å². The number of nitrogens with one attached hydrogen (secondary N) is 1. The first-order valence-corrected chi connectivity index (χ1v) is 12.6. The fourth-order valence-corrected chi connectivity index (χ4v) is 4.18. The molecule has 0 saturated heterocycles. The van der Waals surface area contributed by atoms with Crippen LogP contribution in [0.5, 0.6) is 11.5 Å². The van der Waals surface area contributed by atoms with Crippen molar-refractivity contribution in [2.45, 2.75) is 19.0 Å². The number of ether oxygens (including phenoxy) is 2. The molecule has 1 N–H and O–H groups in total. The van der Waals surface area contributed by atoms with Gasteiger partial charge >= 0.3 is 0 Å². The topological polar surface area (TPSA) is 67.9 Å². The SMILES string of the molecule is COc1ccc(CN(C(=O)COc2ccccc2)C(C(=O)NCCc2ccccc2)c2ccccc2)cc1. The molecule has 4 rings (SSSR count). The summed E-state index contributed by atoms with van der Waals surface area (Å²) < 4.78 is 11.1. The Morgan fingerprint density at radius 2 is 1.34 bits per heavy atom. The van der Waals surface area contributed by atoms with Crippen molar-refractivity contribution in [1.29, 1.82) is 0 Å². The molecule has 4 aromatic carbocycles. The number of amides is 2. The molecule has 1 unspecified atom stereocenters. The predicted molar refractivity (Wildman–Crippen MR) is 148 cm³/mol. The second-order valence-corrected chi connectivity index (χ2v) is 8.81. The van der Waals surface area contributed by atoms with Crippen LogP contribution in [0.3, 0.4) is 0 Å². The summed E-state index contributed by atoms with van der Waals surface area (Å²) in [6.07, 6.45) is 0.692. The van der Waals surface area contributed by atoms with E-state index in [1.165, 1.54) is 0 Å². The molecule has 194 valence electrons. The number of methoxy groups -OCH3 is 1. The van der Waals surface area contributed by atoms with Crippen LogP contribution in [0.25, 0.3) is 0 Å². The van der Waals surface area contributed by atoms with Crippen LogP contribution >= 0.6 is 0 Å². The largest absolute Gasteiger partial charge is 0.497 e. The van der Waals surface area contributed by atoms with Gasteiger partial charge in [0.15, 0.2) is 6.61 Å². The molecule has 6 heteroatoms. The van der Waals surface area contributed by atoms with Crippen LogP contribution in [0.15, 0.2) is 115 Å². The highest BCUT2D eigenvalue weighted by Gasteiger charge is 2.31. The number of carbonyl (C=O) groups excluding carboxylic acids is 2. The fourth-order valence-electron chi connectivity index (χ4n) is 4.18. The first-order chi connectivity index (χ1) is 18.6. The number of para-hydroxylation sites is 1. The zero-order chi connectivity index (χ0) is 26.6. The molecule has 0 aliphatic carbocycles. The molecule has 0 aliphatic rings. The average molecular weight is 509 g/mol. The molecule has 0 radical (unpaired) electrons. The van der Waals surface area contributed by atoms with Crippen LogP contribution in [-0.2, 0) is 22.6 Å². The molecular formula is C32H32N2O4.